The highest BCUT2D eigenvalue weighted by molar-refractivity contribution is 5.48. The van der Waals surface area contributed by atoms with Crippen LogP contribution in [0, 0.1) is 18.8 Å². The van der Waals surface area contributed by atoms with E-state index in [0.29, 0.717) is 5.78 Å². The zero-order valence-corrected chi connectivity index (χ0v) is 10.6. The Labute approximate surface area is 106 Å². The van der Waals surface area contributed by atoms with E-state index in [-0.39, 0.29) is 0 Å². The van der Waals surface area contributed by atoms with Gasteiger partial charge in [-0.3, -0.25) is 0 Å². The summed E-state index contributed by atoms with van der Waals surface area (Å²) in [6.45, 7) is 4.36. The van der Waals surface area contributed by atoms with Gasteiger partial charge in [-0.15, -0.1) is 0 Å². The predicted molar refractivity (Wildman–Crippen MR) is 68.6 cm³/mol. The molecule has 1 saturated heterocycles. The summed E-state index contributed by atoms with van der Waals surface area (Å²) in [5, 5.41) is 4.30. The third-order valence-electron chi connectivity index (χ3n) is 4.41. The third kappa shape index (κ3) is 1.43. The first-order chi connectivity index (χ1) is 8.81. The molecule has 0 aromatic carbocycles. The molecule has 3 heterocycles. The molecule has 18 heavy (non-hydrogen) atoms. The number of anilines is 1. The normalized spacial score (nSPS) is 27.1. The van der Waals surface area contributed by atoms with Crippen LogP contribution in [-0.4, -0.2) is 32.7 Å². The molecular formula is C13H17N5. The van der Waals surface area contributed by atoms with E-state index < -0.39 is 0 Å². The Balaban J connectivity index is 1.76. The van der Waals surface area contributed by atoms with Gasteiger partial charge < -0.3 is 4.90 Å². The van der Waals surface area contributed by atoms with Gasteiger partial charge in [0, 0.05) is 24.8 Å². The topological polar surface area (TPSA) is 46.3 Å². The van der Waals surface area contributed by atoms with Crippen molar-refractivity contribution in [2.45, 2.75) is 26.2 Å². The molecule has 0 radical (unpaired) electrons. The number of fused-ring (bicyclic) bond motifs is 2. The number of rotatable bonds is 1. The largest absolute Gasteiger partial charge is 0.356 e. The van der Waals surface area contributed by atoms with Crippen molar-refractivity contribution in [3.8, 4) is 0 Å². The Kier molecular flexibility index (Phi) is 2.10. The van der Waals surface area contributed by atoms with E-state index in [9.17, 15) is 0 Å². The molecule has 0 spiro atoms. The van der Waals surface area contributed by atoms with E-state index in [2.05, 4.69) is 26.0 Å². The van der Waals surface area contributed by atoms with Crippen molar-refractivity contribution in [1.29, 1.82) is 0 Å². The van der Waals surface area contributed by atoms with Crippen LogP contribution >= 0.6 is 0 Å². The Morgan fingerprint density at radius 3 is 2.78 bits per heavy atom. The number of aryl methyl sites for hydroxylation is 1. The summed E-state index contributed by atoms with van der Waals surface area (Å²) in [5.41, 5.74) is 1.02. The van der Waals surface area contributed by atoms with Gasteiger partial charge in [0.15, 0.2) is 0 Å². The van der Waals surface area contributed by atoms with Crippen LogP contribution in [0.25, 0.3) is 5.78 Å². The van der Waals surface area contributed by atoms with E-state index in [1.165, 1.54) is 32.4 Å². The van der Waals surface area contributed by atoms with Crippen LogP contribution in [0.1, 0.15) is 25.0 Å². The fourth-order valence-electron chi connectivity index (χ4n) is 3.56. The molecule has 0 N–H and O–H groups in total. The van der Waals surface area contributed by atoms with Gasteiger partial charge in [-0.05, 0) is 31.6 Å². The highest BCUT2D eigenvalue weighted by atomic mass is 15.4. The van der Waals surface area contributed by atoms with Crippen molar-refractivity contribution >= 4 is 11.6 Å². The Morgan fingerprint density at radius 2 is 2.00 bits per heavy atom. The molecular weight excluding hydrogens is 226 g/mol. The molecule has 2 aliphatic rings. The summed E-state index contributed by atoms with van der Waals surface area (Å²) in [7, 11) is 0. The fourth-order valence-corrected chi connectivity index (χ4v) is 3.56. The minimum Gasteiger partial charge on any atom is -0.356 e. The molecule has 2 aromatic heterocycles. The van der Waals surface area contributed by atoms with Crippen LogP contribution < -0.4 is 4.90 Å². The summed E-state index contributed by atoms with van der Waals surface area (Å²) in [4.78, 5) is 11.1. The molecule has 2 atom stereocenters. The van der Waals surface area contributed by atoms with Crippen LogP contribution in [0.15, 0.2) is 12.4 Å². The van der Waals surface area contributed by atoms with Crippen LogP contribution in [0.4, 0.5) is 5.82 Å². The van der Waals surface area contributed by atoms with Gasteiger partial charge in [0.1, 0.15) is 12.1 Å². The molecule has 1 saturated carbocycles. The molecule has 0 unspecified atom stereocenters. The van der Waals surface area contributed by atoms with Gasteiger partial charge in [-0.1, -0.05) is 6.42 Å². The quantitative estimate of drug-likeness (QED) is 0.764. The van der Waals surface area contributed by atoms with E-state index >= 15 is 0 Å². The summed E-state index contributed by atoms with van der Waals surface area (Å²) < 4.78 is 1.87. The highest BCUT2D eigenvalue weighted by Crippen LogP contribution is 2.39. The van der Waals surface area contributed by atoms with E-state index in [1.54, 1.807) is 6.33 Å². The van der Waals surface area contributed by atoms with Crippen LogP contribution in [0.3, 0.4) is 0 Å². The van der Waals surface area contributed by atoms with E-state index in [4.69, 9.17) is 0 Å². The molecule has 5 nitrogen and oxygen atoms in total. The minimum absolute atomic E-state index is 0.710. The second-order valence-corrected chi connectivity index (χ2v) is 5.58. The maximum atomic E-state index is 4.40. The van der Waals surface area contributed by atoms with Gasteiger partial charge in [0.25, 0.3) is 5.78 Å². The second-order valence-electron chi connectivity index (χ2n) is 5.58. The van der Waals surface area contributed by atoms with E-state index in [0.717, 1.165) is 23.3 Å². The molecule has 0 amide bonds. The lowest BCUT2D eigenvalue weighted by molar-refractivity contribution is 0.494. The summed E-state index contributed by atoms with van der Waals surface area (Å²) in [6.07, 6.45) is 5.79. The van der Waals surface area contributed by atoms with Crippen molar-refractivity contribution in [1.82, 2.24) is 19.6 Å². The Hall–Kier alpha value is -1.65. The molecule has 94 valence electrons. The lowest BCUT2D eigenvalue weighted by atomic mass is 10.0. The second kappa shape index (κ2) is 3.67. The Morgan fingerprint density at radius 1 is 1.22 bits per heavy atom. The van der Waals surface area contributed by atoms with Crippen LogP contribution in [0.5, 0.6) is 0 Å². The SMILES string of the molecule is Cc1cc(N2C[C@H]3CCC[C@H]3C2)n2ncnc2n1. The number of nitrogens with zero attached hydrogens (tertiary/aromatic N) is 5. The average Bonchev–Trinajstić information content (AvgIpc) is 3.01. The first-order valence-corrected chi connectivity index (χ1v) is 6.73. The van der Waals surface area contributed by atoms with Gasteiger partial charge in [0.2, 0.25) is 0 Å². The number of hydrogen-bond acceptors (Lipinski definition) is 4. The summed E-state index contributed by atoms with van der Waals surface area (Å²) in [6, 6.07) is 2.13. The maximum Gasteiger partial charge on any atom is 0.254 e. The fraction of sp³-hybridized carbons (Fsp3) is 0.615. The lowest BCUT2D eigenvalue weighted by Crippen LogP contribution is -2.24. The predicted octanol–water partition coefficient (Wildman–Crippen LogP) is 1.67. The minimum atomic E-state index is 0.710. The highest BCUT2D eigenvalue weighted by Gasteiger charge is 2.37. The van der Waals surface area contributed by atoms with Crippen molar-refractivity contribution in [2.75, 3.05) is 18.0 Å². The van der Waals surface area contributed by atoms with Gasteiger partial charge >= 0.3 is 0 Å². The molecule has 2 aromatic rings. The van der Waals surface area contributed by atoms with Gasteiger partial charge in [0.05, 0.1) is 0 Å². The molecule has 1 aliphatic heterocycles. The lowest BCUT2D eigenvalue weighted by Gasteiger charge is -2.20. The van der Waals surface area contributed by atoms with Crippen LogP contribution in [-0.2, 0) is 0 Å². The smallest absolute Gasteiger partial charge is 0.254 e. The first-order valence-electron chi connectivity index (χ1n) is 6.73. The number of hydrogen-bond donors (Lipinski definition) is 0. The average molecular weight is 243 g/mol. The summed E-state index contributed by atoms with van der Waals surface area (Å²) >= 11 is 0. The standard InChI is InChI=1S/C13H17N5/c1-9-5-12(18-13(16-9)14-8-15-18)17-6-10-3-2-4-11(10)7-17/h5,8,10-11H,2-4,6-7H2,1H3/t10-,11+. The van der Waals surface area contributed by atoms with Crippen molar-refractivity contribution in [2.24, 2.45) is 11.8 Å². The molecule has 0 bridgehead atoms. The maximum absolute atomic E-state index is 4.40. The molecule has 5 heteroatoms. The molecule has 2 fully saturated rings. The zero-order valence-electron chi connectivity index (χ0n) is 10.6. The Bertz CT molecular complexity index is 578. The van der Waals surface area contributed by atoms with E-state index in [1.807, 2.05) is 11.4 Å². The zero-order chi connectivity index (χ0) is 12.1. The number of aromatic nitrogens is 4. The third-order valence-corrected chi connectivity index (χ3v) is 4.41. The monoisotopic (exact) mass is 243 g/mol. The van der Waals surface area contributed by atoms with Gasteiger partial charge in [-0.2, -0.15) is 14.6 Å². The van der Waals surface area contributed by atoms with Crippen LogP contribution in [0.2, 0.25) is 0 Å². The van der Waals surface area contributed by atoms with Crippen molar-refractivity contribution in [3.63, 3.8) is 0 Å². The molecule has 1 aliphatic carbocycles. The van der Waals surface area contributed by atoms with Crippen molar-refractivity contribution < 1.29 is 0 Å². The molecule has 4 rings (SSSR count). The van der Waals surface area contributed by atoms with Gasteiger partial charge in [-0.25, -0.2) is 4.98 Å². The van der Waals surface area contributed by atoms with Crippen molar-refractivity contribution in [3.05, 3.63) is 18.1 Å². The first kappa shape index (κ1) is 10.3. The summed E-state index contributed by atoms with van der Waals surface area (Å²) in [5.74, 6) is 3.64.